The molecule has 4 rings (SSSR count). The summed E-state index contributed by atoms with van der Waals surface area (Å²) in [4.78, 5) is 24.3. The van der Waals surface area contributed by atoms with Gasteiger partial charge in [-0.25, -0.2) is 14.4 Å². The van der Waals surface area contributed by atoms with Gasteiger partial charge in [-0.15, -0.1) is 0 Å². The van der Waals surface area contributed by atoms with Gasteiger partial charge in [0, 0.05) is 6.54 Å². The van der Waals surface area contributed by atoms with Crippen LogP contribution in [-0.4, -0.2) is 27.3 Å². The Hall–Kier alpha value is -3.28. The van der Waals surface area contributed by atoms with Crippen LogP contribution in [0.5, 0.6) is 0 Å². The third kappa shape index (κ3) is 4.43. The molecule has 1 fully saturated rings. The third-order valence-corrected chi connectivity index (χ3v) is 5.92. The number of aromatic nitrogens is 2. The van der Waals surface area contributed by atoms with Crippen LogP contribution in [0.3, 0.4) is 0 Å². The maximum absolute atomic E-state index is 13.6. The lowest BCUT2D eigenvalue weighted by Gasteiger charge is -2.33. The largest absolute Gasteiger partial charge is 0.333 e. The number of pyridine rings is 2. The first kappa shape index (κ1) is 21.0. The Morgan fingerprint density at radius 3 is 2.58 bits per heavy atom. The molecule has 1 atom stereocenters. The zero-order valence-corrected chi connectivity index (χ0v) is 18.1. The molecule has 0 aliphatic carbocycles. The fraction of sp³-hybridized carbons (Fsp3) is 0.320. The topological polar surface area (TPSA) is 58.1 Å². The number of benzene rings is 1. The number of amides is 1. The van der Waals surface area contributed by atoms with Crippen LogP contribution in [0.2, 0.25) is 0 Å². The molecular weight excluding hydrogens is 391 g/mol. The first-order chi connectivity index (χ1) is 14.8. The first-order valence-corrected chi connectivity index (χ1v) is 10.6. The van der Waals surface area contributed by atoms with Crippen molar-refractivity contribution in [3.63, 3.8) is 0 Å². The van der Waals surface area contributed by atoms with E-state index >= 15 is 0 Å². The maximum atomic E-state index is 13.6. The van der Waals surface area contributed by atoms with Crippen molar-refractivity contribution in [2.45, 2.75) is 45.1 Å². The molecule has 1 aliphatic rings. The van der Waals surface area contributed by atoms with Crippen molar-refractivity contribution in [1.82, 2.24) is 14.9 Å². The number of likely N-dealkylation sites (tertiary alicyclic amines) is 1. The van der Waals surface area contributed by atoms with E-state index < -0.39 is 5.41 Å². The number of rotatable bonds is 5. The third-order valence-electron chi connectivity index (χ3n) is 5.92. The number of nitrogens with one attached hydrogen (secondary N) is 1. The highest BCUT2D eigenvalue weighted by atomic mass is 19.1. The van der Waals surface area contributed by atoms with Gasteiger partial charge >= 0.3 is 0 Å². The summed E-state index contributed by atoms with van der Waals surface area (Å²) in [6.45, 7) is 6.74. The fourth-order valence-corrected chi connectivity index (χ4v) is 4.06. The number of carbonyl (C=O) groups is 1. The minimum atomic E-state index is -0.621. The van der Waals surface area contributed by atoms with E-state index in [0.29, 0.717) is 11.6 Å². The summed E-state index contributed by atoms with van der Waals surface area (Å²) < 4.78 is 13.1. The number of anilines is 2. The van der Waals surface area contributed by atoms with Gasteiger partial charge in [-0.1, -0.05) is 35.9 Å². The van der Waals surface area contributed by atoms with E-state index in [-0.39, 0.29) is 17.8 Å². The van der Waals surface area contributed by atoms with Crippen LogP contribution >= 0.6 is 0 Å². The molecule has 1 saturated heterocycles. The molecule has 0 radical (unpaired) electrons. The molecule has 0 spiro atoms. The lowest BCUT2D eigenvalue weighted by molar-refractivity contribution is -0.137. The van der Waals surface area contributed by atoms with Crippen LogP contribution in [0, 0.1) is 12.7 Å². The predicted molar refractivity (Wildman–Crippen MR) is 120 cm³/mol. The average molecular weight is 419 g/mol. The van der Waals surface area contributed by atoms with Gasteiger partial charge in [0.1, 0.15) is 17.5 Å². The molecule has 160 valence electrons. The summed E-state index contributed by atoms with van der Waals surface area (Å²) in [5.74, 6) is 0.863. The fourth-order valence-electron chi connectivity index (χ4n) is 4.06. The number of hydrogen-bond donors (Lipinski definition) is 1. The average Bonchev–Trinajstić information content (AvgIpc) is 3.25. The highest BCUT2D eigenvalue weighted by molar-refractivity contribution is 5.88. The number of carbonyl (C=O) groups excluding carboxylic acids is 1. The first-order valence-electron chi connectivity index (χ1n) is 10.6. The smallest absolute Gasteiger partial charge is 0.233 e. The van der Waals surface area contributed by atoms with Crippen molar-refractivity contribution in [1.29, 1.82) is 0 Å². The summed E-state index contributed by atoms with van der Waals surface area (Å²) in [5, 5.41) is 3.11. The molecule has 5 nitrogen and oxygen atoms in total. The number of aryl methyl sites for hydroxylation is 1. The van der Waals surface area contributed by atoms with Crippen molar-refractivity contribution in [3.05, 3.63) is 83.4 Å². The van der Waals surface area contributed by atoms with Gasteiger partial charge in [-0.2, -0.15) is 0 Å². The molecule has 1 aliphatic heterocycles. The van der Waals surface area contributed by atoms with Crippen molar-refractivity contribution >= 4 is 17.5 Å². The Balaban J connectivity index is 1.56. The van der Waals surface area contributed by atoms with Crippen LogP contribution in [0.15, 0.2) is 60.8 Å². The molecule has 0 bridgehead atoms. The highest BCUT2D eigenvalue weighted by Gasteiger charge is 2.39. The van der Waals surface area contributed by atoms with Gasteiger partial charge in [0.05, 0.1) is 23.3 Å². The summed E-state index contributed by atoms with van der Waals surface area (Å²) >= 11 is 0. The maximum Gasteiger partial charge on any atom is 0.233 e. The second-order valence-electron chi connectivity index (χ2n) is 8.58. The summed E-state index contributed by atoms with van der Waals surface area (Å²) in [5.41, 5.74) is 2.41. The quantitative estimate of drug-likeness (QED) is 0.610. The van der Waals surface area contributed by atoms with Crippen molar-refractivity contribution in [2.24, 2.45) is 0 Å². The van der Waals surface area contributed by atoms with E-state index in [4.69, 9.17) is 4.98 Å². The van der Waals surface area contributed by atoms with E-state index in [9.17, 15) is 9.18 Å². The van der Waals surface area contributed by atoms with E-state index in [0.717, 1.165) is 36.8 Å². The van der Waals surface area contributed by atoms with Crippen LogP contribution in [-0.2, 0) is 10.2 Å². The molecule has 0 saturated carbocycles. The van der Waals surface area contributed by atoms with Crippen LogP contribution in [0.4, 0.5) is 16.0 Å². The lowest BCUT2D eigenvalue weighted by Crippen LogP contribution is -2.43. The van der Waals surface area contributed by atoms with Crippen molar-refractivity contribution in [3.8, 4) is 0 Å². The molecule has 6 heteroatoms. The number of nitrogens with zero attached hydrogens (tertiary/aromatic N) is 3. The molecule has 31 heavy (non-hydrogen) atoms. The zero-order valence-electron chi connectivity index (χ0n) is 18.1. The zero-order chi connectivity index (χ0) is 22.0. The van der Waals surface area contributed by atoms with Gasteiger partial charge in [-0.3, -0.25) is 4.79 Å². The number of halogens is 1. The van der Waals surface area contributed by atoms with Gasteiger partial charge in [-0.05, 0) is 63.4 Å². The van der Waals surface area contributed by atoms with Crippen LogP contribution in [0.25, 0.3) is 0 Å². The lowest BCUT2D eigenvalue weighted by atomic mass is 9.82. The molecule has 3 aromatic rings. The molecule has 1 N–H and O–H groups in total. The van der Waals surface area contributed by atoms with E-state index in [1.807, 2.05) is 68.1 Å². The minimum Gasteiger partial charge on any atom is -0.333 e. The number of hydrogen-bond acceptors (Lipinski definition) is 4. The second-order valence-corrected chi connectivity index (χ2v) is 8.58. The molecule has 1 amide bonds. The summed E-state index contributed by atoms with van der Waals surface area (Å²) in [7, 11) is 0. The SMILES string of the molecule is Cc1ccc(C(C)(C)C(=O)N2CCCC2c2cccc(Nc3ccc(F)cn3)n2)cc1. The van der Waals surface area contributed by atoms with Gasteiger partial charge in [0.25, 0.3) is 0 Å². The van der Waals surface area contributed by atoms with E-state index in [2.05, 4.69) is 10.3 Å². The predicted octanol–water partition coefficient (Wildman–Crippen LogP) is 5.31. The molecule has 2 aromatic heterocycles. The Morgan fingerprint density at radius 1 is 1.10 bits per heavy atom. The van der Waals surface area contributed by atoms with E-state index in [1.165, 1.54) is 11.6 Å². The van der Waals surface area contributed by atoms with Crippen molar-refractivity contribution < 1.29 is 9.18 Å². The Bertz CT molecular complexity index is 1060. The molecule has 1 aromatic carbocycles. The normalized spacial score (nSPS) is 16.4. The Labute approximate surface area is 182 Å². The van der Waals surface area contributed by atoms with Crippen LogP contribution in [0.1, 0.15) is 49.6 Å². The van der Waals surface area contributed by atoms with Crippen LogP contribution < -0.4 is 5.32 Å². The van der Waals surface area contributed by atoms with Gasteiger partial charge in [0.15, 0.2) is 0 Å². The standard InChI is InChI=1S/C25H27FN4O/c1-17-9-11-18(12-10-17)25(2,3)24(31)30-15-5-7-21(30)20-6-4-8-23(28-20)29-22-14-13-19(26)16-27-22/h4,6,8-14,16,21H,5,7,15H2,1-3H3,(H,27,28,29). The van der Waals surface area contributed by atoms with Crippen molar-refractivity contribution in [2.75, 3.05) is 11.9 Å². The van der Waals surface area contributed by atoms with Gasteiger partial charge < -0.3 is 10.2 Å². The highest BCUT2D eigenvalue weighted by Crippen LogP contribution is 2.36. The molecule has 3 heterocycles. The second kappa shape index (κ2) is 8.46. The molecule has 1 unspecified atom stereocenters. The Morgan fingerprint density at radius 2 is 1.87 bits per heavy atom. The Kier molecular flexibility index (Phi) is 5.72. The monoisotopic (exact) mass is 418 g/mol. The molecular formula is C25H27FN4O. The minimum absolute atomic E-state index is 0.0693. The van der Waals surface area contributed by atoms with Gasteiger partial charge in [0.2, 0.25) is 5.91 Å². The summed E-state index contributed by atoms with van der Waals surface area (Å²) in [6.07, 6.45) is 2.98. The summed E-state index contributed by atoms with van der Waals surface area (Å²) in [6, 6.07) is 16.7. The van der Waals surface area contributed by atoms with E-state index in [1.54, 1.807) is 6.07 Å².